The number of hydrogen-bond acceptors (Lipinski definition) is 6. The summed E-state index contributed by atoms with van der Waals surface area (Å²) >= 11 is 0. The Bertz CT molecular complexity index is 813. The lowest BCUT2D eigenvalue weighted by atomic mass is 10.3. The topological polar surface area (TPSA) is 98.2 Å². The van der Waals surface area contributed by atoms with Gasteiger partial charge in [-0.1, -0.05) is 0 Å². The Kier molecular flexibility index (Phi) is 3.19. The molecule has 0 bridgehead atoms. The van der Waals surface area contributed by atoms with Gasteiger partial charge < -0.3 is 5.32 Å². The summed E-state index contributed by atoms with van der Waals surface area (Å²) in [5, 5.41) is 18.1. The number of aryl methyl sites for hydroxylation is 1. The van der Waals surface area contributed by atoms with Crippen molar-refractivity contribution in [3.8, 4) is 0 Å². The van der Waals surface area contributed by atoms with Crippen LogP contribution in [0.25, 0.3) is 5.65 Å². The van der Waals surface area contributed by atoms with Crippen LogP contribution in [0, 0.1) is 17.0 Å². The minimum Gasteiger partial charge on any atom is -0.364 e. The van der Waals surface area contributed by atoms with Gasteiger partial charge in [0.25, 0.3) is 5.69 Å². The molecule has 3 aromatic rings. The number of nitrogens with zero attached hydrogens (tertiary/aromatic N) is 5. The molecule has 0 atom stereocenters. The third kappa shape index (κ3) is 2.50. The third-order valence-electron chi connectivity index (χ3n) is 3.07. The second-order valence-electron chi connectivity index (χ2n) is 4.45. The molecule has 0 spiro atoms. The molecule has 8 nitrogen and oxygen atoms in total. The van der Waals surface area contributed by atoms with E-state index in [9.17, 15) is 10.1 Å². The fourth-order valence-electron chi connectivity index (χ4n) is 2.05. The van der Waals surface area contributed by atoms with Gasteiger partial charge in [0.2, 0.25) is 0 Å². The van der Waals surface area contributed by atoms with Gasteiger partial charge in [-0.25, -0.2) is 14.5 Å². The second-order valence-corrected chi connectivity index (χ2v) is 4.45. The molecule has 0 fully saturated rings. The van der Waals surface area contributed by atoms with E-state index in [0.717, 1.165) is 11.3 Å². The van der Waals surface area contributed by atoms with Crippen molar-refractivity contribution in [2.45, 2.75) is 13.5 Å². The average molecular weight is 284 g/mol. The van der Waals surface area contributed by atoms with E-state index in [1.165, 1.54) is 6.07 Å². The number of anilines is 1. The first-order valence-corrected chi connectivity index (χ1v) is 6.28. The molecule has 21 heavy (non-hydrogen) atoms. The van der Waals surface area contributed by atoms with Crippen molar-refractivity contribution in [2.75, 3.05) is 5.32 Å². The zero-order chi connectivity index (χ0) is 14.8. The fourth-order valence-corrected chi connectivity index (χ4v) is 2.05. The summed E-state index contributed by atoms with van der Waals surface area (Å²) in [6.07, 6.45) is 3.39. The normalized spacial score (nSPS) is 10.7. The van der Waals surface area contributed by atoms with Crippen molar-refractivity contribution in [3.05, 3.63) is 58.2 Å². The molecule has 3 aromatic heterocycles. The Balaban J connectivity index is 1.80. The maximum absolute atomic E-state index is 10.8. The number of aromatic nitrogens is 4. The monoisotopic (exact) mass is 284 g/mol. The van der Waals surface area contributed by atoms with Crippen molar-refractivity contribution in [1.82, 2.24) is 19.6 Å². The first-order valence-electron chi connectivity index (χ1n) is 6.28. The van der Waals surface area contributed by atoms with Crippen LogP contribution >= 0.6 is 0 Å². The Morgan fingerprint density at radius 1 is 1.29 bits per heavy atom. The molecule has 0 saturated heterocycles. The highest BCUT2D eigenvalue weighted by molar-refractivity contribution is 5.45. The molecule has 0 aromatic carbocycles. The van der Waals surface area contributed by atoms with E-state index in [1.54, 1.807) is 29.9 Å². The summed E-state index contributed by atoms with van der Waals surface area (Å²) in [7, 11) is 0. The minimum atomic E-state index is -0.442. The van der Waals surface area contributed by atoms with E-state index in [1.807, 2.05) is 12.1 Å². The van der Waals surface area contributed by atoms with Crippen molar-refractivity contribution in [2.24, 2.45) is 0 Å². The van der Waals surface area contributed by atoms with Crippen LogP contribution in [0.3, 0.4) is 0 Å². The molecule has 0 unspecified atom stereocenters. The number of rotatable bonds is 4. The summed E-state index contributed by atoms with van der Waals surface area (Å²) in [4.78, 5) is 18.7. The predicted octanol–water partition coefficient (Wildman–Crippen LogP) is 1.95. The Morgan fingerprint density at radius 3 is 2.90 bits per heavy atom. The maximum Gasteiger partial charge on any atom is 0.290 e. The first kappa shape index (κ1) is 13.0. The summed E-state index contributed by atoms with van der Waals surface area (Å²) in [6, 6.07) is 6.70. The van der Waals surface area contributed by atoms with Gasteiger partial charge in [0.1, 0.15) is 11.5 Å². The van der Waals surface area contributed by atoms with E-state index < -0.39 is 4.92 Å². The highest BCUT2D eigenvalue weighted by Crippen LogP contribution is 2.18. The quantitative estimate of drug-likeness (QED) is 0.580. The molecule has 106 valence electrons. The zero-order valence-electron chi connectivity index (χ0n) is 11.2. The Morgan fingerprint density at radius 2 is 2.14 bits per heavy atom. The molecule has 1 N–H and O–H groups in total. The molecule has 3 heterocycles. The van der Waals surface area contributed by atoms with Crippen molar-refractivity contribution < 1.29 is 4.92 Å². The number of pyridine rings is 1. The minimum absolute atomic E-state index is 0.0129. The molecule has 0 amide bonds. The average Bonchev–Trinajstić information content (AvgIpc) is 2.93. The SMILES string of the molecule is Cc1nc(NCc2ccnc3ccnn23)ccc1[N+](=O)[O-]. The van der Waals surface area contributed by atoms with Crippen LogP contribution in [-0.4, -0.2) is 24.5 Å². The number of nitro groups is 1. The first-order chi connectivity index (χ1) is 10.1. The van der Waals surface area contributed by atoms with Crippen LogP contribution in [0.2, 0.25) is 0 Å². The van der Waals surface area contributed by atoms with Crippen LogP contribution in [0.15, 0.2) is 36.7 Å². The molecule has 3 rings (SSSR count). The lowest BCUT2D eigenvalue weighted by Crippen LogP contribution is -2.08. The molecule has 0 saturated carbocycles. The Labute approximate surface area is 119 Å². The largest absolute Gasteiger partial charge is 0.364 e. The molecule has 0 radical (unpaired) electrons. The number of fused-ring (bicyclic) bond motifs is 1. The van der Waals surface area contributed by atoms with Gasteiger partial charge in [-0.2, -0.15) is 5.10 Å². The molecule has 0 aliphatic carbocycles. The summed E-state index contributed by atoms with van der Waals surface area (Å²) in [6.45, 7) is 2.10. The molecule has 0 aliphatic rings. The number of hydrogen-bond donors (Lipinski definition) is 1. The molecule has 8 heteroatoms. The molecular formula is C13H12N6O2. The van der Waals surface area contributed by atoms with E-state index in [-0.39, 0.29) is 5.69 Å². The standard InChI is InChI=1S/C13H12N6O2/c1-9-11(19(20)21)2-3-12(17-9)15-8-10-4-6-14-13-5-7-16-18(10)13/h2-7H,8H2,1H3,(H,15,17). The van der Waals surface area contributed by atoms with Gasteiger partial charge in [0.15, 0.2) is 5.65 Å². The fraction of sp³-hybridized carbons (Fsp3) is 0.154. The molecule has 0 aliphatic heterocycles. The summed E-state index contributed by atoms with van der Waals surface area (Å²) in [5.74, 6) is 0.579. The molecular weight excluding hydrogens is 272 g/mol. The predicted molar refractivity (Wildman–Crippen MR) is 75.9 cm³/mol. The third-order valence-corrected chi connectivity index (χ3v) is 3.07. The van der Waals surface area contributed by atoms with Crippen LogP contribution < -0.4 is 5.32 Å². The maximum atomic E-state index is 10.8. The highest BCUT2D eigenvalue weighted by Gasteiger charge is 2.11. The van der Waals surface area contributed by atoms with E-state index in [0.29, 0.717) is 18.1 Å². The van der Waals surface area contributed by atoms with E-state index >= 15 is 0 Å². The summed E-state index contributed by atoms with van der Waals surface area (Å²) < 4.78 is 1.73. The van der Waals surface area contributed by atoms with Gasteiger partial charge in [-0.05, 0) is 19.1 Å². The highest BCUT2D eigenvalue weighted by atomic mass is 16.6. The smallest absolute Gasteiger partial charge is 0.290 e. The van der Waals surface area contributed by atoms with Crippen LogP contribution in [0.4, 0.5) is 11.5 Å². The van der Waals surface area contributed by atoms with Crippen LogP contribution in [-0.2, 0) is 6.54 Å². The van der Waals surface area contributed by atoms with Gasteiger partial charge >= 0.3 is 0 Å². The van der Waals surface area contributed by atoms with Crippen molar-refractivity contribution in [3.63, 3.8) is 0 Å². The lowest BCUT2D eigenvalue weighted by Gasteiger charge is -2.08. The summed E-state index contributed by atoms with van der Waals surface area (Å²) in [5.41, 5.74) is 2.08. The van der Waals surface area contributed by atoms with Gasteiger partial charge in [-0.15, -0.1) is 0 Å². The lowest BCUT2D eigenvalue weighted by molar-refractivity contribution is -0.385. The van der Waals surface area contributed by atoms with Crippen molar-refractivity contribution in [1.29, 1.82) is 0 Å². The zero-order valence-corrected chi connectivity index (χ0v) is 11.2. The van der Waals surface area contributed by atoms with Crippen LogP contribution in [0.5, 0.6) is 0 Å². The van der Waals surface area contributed by atoms with Crippen LogP contribution in [0.1, 0.15) is 11.4 Å². The number of nitrogens with one attached hydrogen (secondary N) is 1. The van der Waals surface area contributed by atoms with E-state index in [4.69, 9.17) is 0 Å². The van der Waals surface area contributed by atoms with Gasteiger partial charge in [0, 0.05) is 18.3 Å². The van der Waals surface area contributed by atoms with Gasteiger partial charge in [-0.3, -0.25) is 10.1 Å². The van der Waals surface area contributed by atoms with Gasteiger partial charge in [0.05, 0.1) is 23.4 Å². The Hall–Kier alpha value is -3.03. The van der Waals surface area contributed by atoms with E-state index in [2.05, 4.69) is 20.4 Å². The van der Waals surface area contributed by atoms with Crippen molar-refractivity contribution >= 4 is 17.2 Å². The second kappa shape index (κ2) is 5.16.